The van der Waals surface area contributed by atoms with Crippen LogP contribution >= 0.6 is 11.3 Å². The minimum Gasteiger partial charge on any atom is -0.236 e. The lowest BCUT2D eigenvalue weighted by atomic mass is 10.1. The summed E-state index contributed by atoms with van der Waals surface area (Å²) < 4.78 is 13.4. The van der Waals surface area contributed by atoms with Gasteiger partial charge in [-0.2, -0.15) is 5.26 Å². The zero-order chi connectivity index (χ0) is 14.8. The topological polar surface area (TPSA) is 36.7 Å². The third-order valence-electron chi connectivity index (χ3n) is 3.22. The van der Waals surface area contributed by atoms with Crippen LogP contribution in [0.5, 0.6) is 0 Å². The molecule has 4 heteroatoms. The number of rotatable bonds is 2. The summed E-state index contributed by atoms with van der Waals surface area (Å²) in [6.45, 7) is 1.94. The number of benzene rings is 2. The van der Waals surface area contributed by atoms with Gasteiger partial charge in [0, 0.05) is 16.5 Å². The molecule has 1 aromatic heterocycles. The van der Waals surface area contributed by atoms with E-state index in [4.69, 9.17) is 5.26 Å². The molecule has 0 N–H and O–H groups in total. The highest BCUT2D eigenvalue weighted by Crippen LogP contribution is 2.31. The predicted molar refractivity (Wildman–Crippen MR) is 82.4 cm³/mol. The van der Waals surface area contributed by atoms with E-state index in [2.05, 4.69) is 11.1 Å². The van der Waals surface area contributed by atoms with Crippen molar-refractivity contribution >= 4 is 11.3 Å². The quantitative estimate of drug-likeness (QED) is 0.681. The molecule has 0 saturated heterocycles. The predicted octanol–water partition coefficient (Wildman–Crippen LogP) is 4.80. The van der Waals surface area contributed by atoms with Gasteiger partial charge in [-0.15, -0.1) is 11.3 Å². The first-order valence-corrected chi connectivity index (χ1v) is 7.28. The Morgan fingerprint density at radius 2 is 2.05 bits per heavy atom. The number of aromatic nitrogens is 1. The van der Waals surface area contributed by atoms with Gasteiger partial charge < -0.3 is 0 Å². The van der Waals surface area contributed by atoms with Crippen LogP contribution in [-0.2, 0) is 0 Å². The molecule has 0 radical (unpaired) electrons. The molecule has 0 bridgehead atoms. The van der Waals surface area contributed by atoms with Gasteiger partial charge in [0.15, 0.2) is 0 Å². The van der Waals surface area contributed by atoms with Crippen LogP contribution in [-0.4, -0.2) is 4.98 Å². The standard InChI is InChI=1S/C17H11FN2S/c1-11-5-6-14(18)8-15(11)17-20-16(10-21-17)13-4-2-3-12(7-13)9-19/h2-8,10H,1H3. The van der Waals surface area contributed by atoms with Crippen molar-refractivity contribution in [3.63, 3.8) is 0 Å². The van der Waals surface area contributed by atoms with Crippen LogP contribution < -0.4 is 0 Å². The third-order valence-corrected chi connectivity index (χ3v) is 4.10. The summed E-state index contributed by atoms with van der Waals surface area (Å²) in [7, 11) is 0. The highest BCUT2D eigenvalue weighted by atomic mass is 32.1. The number of thiazole rings is 1. The summed E-state index contributed by atoms with van der Waals surface area (Å²) >= 11 is 1.47. The first-order chi connectivity index (χ1) is 10.2. The zero-order valence-electron chi connectivity index (χ0n) is 11.3. The lowest BCUT2D eigenvalue weighted by Crippen LogP contribution is -1.85. The molecule has 2 nitrogen and oxygen atoms in total. The van der Waals surface area contributed by atoms with Crippen LogP contribution in [0.15, 0.2) is 47.8 Å². The van der Waals surface area contributed by atoms with Gasteiger partial charge in [0.05, 0.1) is 17.3 Å². The molecule has 0 aliphatic rings. The summed E-state index contributed by atoms with van der Waals surface area (Å²) in [5, 5.41) is 11.7. The van der Waals surface area contributed by atoms with Crippen molar-refractivity contribution in [3.05, 3.63) is 64.8 Å². The number of nitriles is 1. The first-order valence-electron chi connectivity index (χ1n) is 6.40. The minimum atomic E-state index is -0.265. The van der Waals surface area contributed by atoms with Crippen molar-refractivity contribution in [2.45, 2.75) is 6.92 Å². The molecule has 0 aliphatic heterocycles. The van der Waals surface area contributed by atoms with Gasteiger partial charge in [0.1, 0.15) is 10.8 Å². The maximum absolute atomic E-state index is 13.4. The van der Waals surface area contributed by atoms with Crippen molar-refractivity contribution in [2.24, 2.45) is 0 Å². The van der Waals surface area contributed by atoms with Crippen LogP contribution in [0.1, 0.15) is 11.1 Å². The van der Waals surface area contributed by atoms with Gasteiger partial charge in [0.25, 0.3) is 0 Å². The Hall–Kier alpha value is -2.51. The molecule has 0 aliphatic carbocycles. The first kappa shape index (κ1) is 13.5. The molecule has 3 aromatic rings. The molecule has 0 spiro atoms. The summed E-state index contributed by atoms with van der Waals surface area (Å²) in [6.07, 6.45) is 0. The Morgan fingerprint density at radius 1 is 1.19 bits per heavy atom. The molecule has 3 rings (SSSR count). The Morgan fingerprint density at radius 3 is 2.86 bits per heavy atom. The normalized spacial score (nSPS) is 10.3. The lowest BCUT2D eigenvalue weighted by molar-refractivity contribution is 0.628. The summed E-state index contributed by atoms with van der Waals surface area (Å²) in [6, 6.07) is 14.1. The van der Waals surface area contributed by atoms with E-state index in [9.17, 15) is 4.39 Å². The highest BCUT2D eigenvalue weighted by Gasteiger charge is 2.10. The third kappa shape index (κ3) is 2.69. The van der Waals surface area contributed by atoms with Gasteiger partial charge in [-0.1, -0.05) is 18.2 Å². The Kier molecular flexibility index (Phi) is 3.51. The van der Waals surface area contributed by atoms with E-state index in [1.807, 2.05) is 24.4 Å². The van der Waals surface area contributed by atoms with Crippen molar-refractivity contribution < 1.29 is 4.39 Å². The lowest BCUT2D eigenvalue weighted by Gasteiger charge is -2.02. The molecule has 2 aromatic carbocycles. The monoisotopic (exact) mass is 294 g/mol. The smallest absolute Gasteiger partial charge is 0.124 e. The average Bonchev–Trinajstić information content (AvgIpc) is 2.99. The minimum absolute atomic E-state index is 0.265. The van der Waals surface area contributed by atoms with E-state index in [0.29, 0.717) is 5.56 Å². The fraction of sp³-hybridized carbons (Fsp3) is 0.0588. The number of hydrogen-bond donors (Lipinski definition) is 0. The maximum Gasteiger partial charge on any atom is 0.124 e. The summed E-state index contributed by atoms with van der Waals surface area (Å²) in [5.74, 6) is -0.265. The molecule has 1 heterocycles. The van der Waals surface area contributed by atoms with Crippen molar-refractivity contribution in [1.82, 2.24) is 4.98 Å². The number of halogens is 1. The second-order valence-corrected chi connectivity index (χ2v) is 5.55. The molecule has 102 valence electrons. The van der Waals surface area contributed by atoms with E-state index in [1.54, 1.807) is 18.2 Å². The SMILES string of the molecule is Cc1ccc(F)cc1-c1nc(-c2cccc(C#N)c2)cs1. The van der Waals surface area contributed by atoms with Crippen LogP contribution in [0.3, 0.4) is 0 Å². The number of aryl methyl sites for hydroxylation is 1. The molecular weight excluding hydrogens is 283 g/mol. The molecule has 0 unspecified atom stereocenters. The molecule has 0 amide bonds. The van der Waals surface area contributed by atoms with E-state index < -0.39 is 0 Å². The zero-order valence-corrected chi connectivity index (χ0v) is 12.1. The average molecular weight is 294 g/mol. The molecular formula is C17H11FN2S. The van der Waals surface area contributed by atoms with E-state index in [-0.39, 0.29) is 5.82 Å². The van der Waals surface area contributed by atoms with Gasteiger partial charge in [-0.3, -0.25) is 0 Å². The molecule has 21 heavy (non-hydrogen) atoms. The van der Waals surface area contributed by atoms with E-state index in [0.717, 1.165) is 27.4 Å². The van der Waals surface area contributed by atoms with Crippen molar-refractivity contribution in [3.8, 4) is 27.9 Å². The van der Waals surface area contributed by atoms with Gasteiger partial charge in [-0.25, -0.2) is 9.37 Å². The van der Waals surface area contributed by atoms with E-state index in [1.165, 1.54) is 23.5 Å². The number of hydrogen-bond acceptors (Lipinski definition) is 3. The van der Waals surface area contributed by atoms with Crippen molar-refractivity contribution in [2.75, 3.05) is 0 Å². The fourth-order valence-electron chi connectivity index (χ4n) is 2.10. The highest BCUT2D eigenvalue weighted by molar-refractivity contribution is 7.13. The second kappa shape index (κ2) is 5.47. The van der Waals surface area contributed by atoms with Crippen LogP contribution in [0.2, 0.25) is 0 Å². The maximum atomic E-state index is 13.4. The number of nitrogens with zero attached hydrogens (tertiary/aromatic N) is 2. The Bertz CT molecular complexity index is 846. The van der Waals surface area contributed by atoms with Gasteiger partial charge >= 0.3 is 0 Å². The van der Waals surface area contributed by atoms with Crippen molar-refractivity contribution in [1.29, 1.82) is 5.26 Å². The van der Waals surface area contributed by atoms with E-state index >= 15 is 0 Å². The molecule has 0 saturated carbocycles. The van der Waals surface area contributed by atoms with Gasteiger partial charge in [-0.05, 0) is 36.8 Å². The second-order valence-electron chi connectivity index (χ2n) is 4.69. The summed E-state index contributed by atoms with van der Waals surface area (Å²) in [5.41, 5.74) is 4.09. The Labute approximate surface area is 126 Å². The van der Waals surface area contributed by atoms with Crippen LogP contribution in [0.25, 0.3) is 21.8 Å². The summed E-state index contributed by atoms with van der Waals surface area (Å²) in [4.78, 5) is 4.57. The molecule has 0 fully saturated rings. The van der Waals surface area contributed by atoms with Crippen LogP contribution in [0, 0.1) is 24.1 Å². The molecule has 0 atom stereocenters. The van der Waals surface area contributed by atoms with Gasteiger partial charge in [0.2, 0.25) is 0 Å². The Balaban J connectivity index is 2.04. The van der Waals surface area contributed by atoms with Crippen LogP contribution in [0.4, 0.5) is 4.39 Å². The fourth-order valence-corrected chi connectivity index (χ4v) is 3.01. The largest absolute Gasteiger partial charge is 0.236 e.